The first-order valence-corrected chi connectivity index (χ1v) is 12.7. The van der Waals surface area contributed by atoms with Crippen molar-refractivity contribution in [3.05, 3.63) is 29.3 Å². The Morgan fingerprint density at radius 1 is 1.18 bits per heavy atom. The molecular weight excluding hydrogens is 418 g/mol. The fourth-order valence-electron chi connectivity index (χ4n) is 5.12. The molecule has 6 heteroatoms. The van der Waals surface area contributed by atoms with E-state index in [0.717, 1.165) is 36.8 Å². The van der Waals surface area contributed by atoms with Crippen LogP contribution in [0.2, 0.25) is 0 Å². The number of nitrogens with two attached hydrogens (primary N) is 1. The van der Waals surface area contributed by atoms with E-state index in [4.69, 9.17) is 15.6 Å². The van der Waals surface area contributed by atoms with Gasteiger partial charge in [-0.2, -0.15) is 0 Å². The molecule has 1 aromatic carbocycles. The van der Waals surface area contributed by atoms with E-state index in [0.29, 0.717) is 24.5 Å². The predicted molar refractivity (Wildman–Crippen MR) is 131 cm³/mol. The molecule has 1 fully saturated rings. The van der Waals surface area contributed by atoms with Gasteiger partial charge in [0.2, 0.25) is 0 Å². The second-order valence-electron chi connectivity index (χ2n) is 10.4. The summed E-state index contributed by atoms with van der Waals surface area (Å²) in [6.07, 6.45) is 9.43. The zero-order valence-electron chi connectivity index (χ0n) is 20.8. The van der Waals surface area contributed by atoms with Crippen LogP contribution >= 0.6 is 0 Å². The molecule has 0 bridgehead atoms. The van der Waals surface area contributed by atoms with Crippen LogP contribution in [-0.2, 0) is 14.9 Å². The Hall–Kier alpha value is -1.63. The lowest BCUT2D eigenvalue weighted by molar-refractivity contribution is -0.153. The number of carbonyl (C=O) groups excluding carboxylic acids is 1. The Balaban J connectivity index is 2.18. The number of carbonyl (C=O) groups is 1. The van der Waals surface area contributed by atoms with Gasteiger partial charge in [0.25, 0.3) is 0 Å². The number of rotatable bonds is 13. The average molecular weight is 464 g/mol. The minimum Gasteiger partial charge on any atom is -0.508 e. The van der Waals surface area contributed by atoms with Crippen LogP contribution in [0.5, 0.6) is 5.75 Å². The Bertz CT molecular complexity index is 735. The largest absolute Gasteiger partial charge is 0.508 e. The normalized spacial score (nSPS) is 22.2. The van der Waals surface area contributed by atoms with Crippen LogP contribution in [0.4, 0.5) is 0 Å². The van der Waals surface area contributed by atoms with E-state index >= 15 is 0 Å². The number of hydrogen-bond donors (Lipinski definition) is 4. The monoisotopic (exact) mass is 463 g/mol. The van der Waals surface area contributed by atoms with Crippen molar-refractivity contribution in [2.45, 2.75) is 108 Å². The average Bonchev–Trinajstić information content (AvgIpc) is 2.80. The topological polar surface area (TPSA) is 113 Å². The van der Waals surface area contributed by atoms with Crippen molar-refractivity contribution in [2.24, 2.45) is 11.7 Å². The molecule has 33 heavy (non-hydrogen) atoms. The maximum absolute atomic E-state index is 12.1. The number of hydrogen-bond acceptors (Lipinski definition) is 6. The van der Waals surface area contributed by atoms with Gasteiger partial charge in [-0.3, -0.25) is 4.79 Å². The van der Waals surface area contributed by atoms with Crippen molar-refractivity contribution in [1.82, 2.24) is 0 Å². The summed E-state index contributed by atoms with van der Waals surface area (Å²) in [6.45, 7) is 6.39. The number of benzene rings is 1. The van der Waals surface area contributed by atoms with Gasteiger partial charge in [0.05, 0.1) is 6.61 Å². The van der Waals surface area contributed by atoms with Gasteiger partial charge in [-0.15, -0.1) is 0 Å². The fourth-order valence-corrected chi connectivity index (χ4v) is 5.12. The van der Waals surface area contributed by atoms with Gasteiger partial charge in [-0.25, -0.2) is 0 Å². The third-order valence-corrected chi connectivity index (χ3v) is 7.33. The zero-order valence-corrected chi connectivity index (χ0v) is 20.8. The first-order chi connectivity index (χ1) is 15.7. The van der Waals surface area contributed by atoms with Gasteiger partial charge >= 0.3 is 5.97 Å². The molecule has 1 saturated carbocycles. The van der Waals surface area contributed by atoms with Crippen molar-refractivity contribution in [2.75, 3.05) is 13.2 Å². The van der Waals surface area contributed by atoms with E-state index in [1.807, 2.05) is 12.1 Å². The van der Waals surface area contributed by atoms with Crippen LogP contribution in [0.25, 0.3) is 0 Å². The first kappa shape index (κ1) is 27.6. The summed E-state index contributed by atoms with van der Waals surface area (Å²) in [5.41, 5.74) is 7.63. The molecule has 4 atom stereocenters. The van der Waals surface area contributed by atoms with E-state index in [-0.39, 0.29) is 24.0 Å². The number of ether oxygens (including phenoxy) is 1. The lowest BCUT2D eigenvalue weighted by atomic mass is 9.71. The quantitative estimate of drug-likeness (QED) is 0.253. The summed E-state index contributed by atoms with van der Waals surface area (Å²) in [5.74, 6) is 0.0548. The maximum atomic E-state index is 12.1. The molecule has 0 radical (unpaired) electrons. The molecule has 0 spiro atoms. The Labute approximate surface area is 199 Å². The van der Waals surface area contributed by atoms with Crippen molar-refractivity contribution < 1.29 is 24.9 Å². The number of unbranched alkanes of at least 4 members (excludes halogenated alkanes) is 3. The lowest BCUT2D eigenvalue weighted by Gasteiger charge is -2.37. The summed E-state index contributed by atoms with van der Waals surface area (Å²) >= 11 is 0. The van der Waals surface area contributed by atoms with Crippen molar-refractivity contribution in [3.8, 4) is 5.75 Å². The summed E-state index contributed by atoms with van der Waals surface area (Å²) in [7, 11) is 0. The van der Waals surface area contributed by atoms with Crippen molar-refractivity contribution in [1.29, 1.82) is 0 Å². The highest BCUT2D eigenvalue weighted by Crippen LogP contribution is 2.45. The minimum atomic E-state index is -1.03. The van der Waals surface area contributed by atoms with Gasteiger partial charge in [0.1, 0.15) is 17.9 Å². The molecule has 0 aliphatic heterocycles. The molecule has 6 nitrogen and oxygen atoms in total. The van der Waals surface area contributed by atoms with Gasteiger partial charge in [-0.1, -0.05) is 58.6 Å². The molecule has 5 N–H and O–H groups in total. The molecule has 0 amide bonds. The highest BCUT2D eigenvalue weighted by Gasteiger charge is 2.35. The fraction of sp³-hybridized carbons (Fsp3) is 0.741. The van der Waals surface area contributed by atoms with Gasteiger partial charge in [0.15, 0.2) is 0 Å². The standard InChI is InChI=1S/C27H45NO5/c1-4-5-6-7-14-27(2,3)20-11-13-22(25(31)16-20)23-17-21(33-26(32)24(28)18-30)12-10-19(23)9-8-15-29/h11,13,16,19,21,23-24,29-31H,4-10,12,14-15,17-18,28H2,1-3H3/t19?,21?,23?,24-/m0/s1. The van der Waals surface area contributed by atoms with Crippen LogP contribution in [0.15, 0.2) is 18.2 Å². The molecule has 3 unspecified atom stereocenters. The second kappa shape index (κ2) is 13.3. The van der Waals surface area contributed by atoms with Gasteiger partial charge < -0.3 is 25.8 Å². The number of aliphatic hydroxyl groups is 2. The zero-order chi connectivity index (χ0) is 24.4. The smallest absolute Gasteiger partial charge is 0.325 e. The van der Waals surface area contributed by atoms with Crippen molar-refractivity contribution >= 4 is 5.97 Å². The Morgan fingerprint density at radius 2 is 1.94 bits per heavy atom. The lowest BCUT2D eigenvalue weighted by Crippen LogP contribution is -2.39. The SMILES string of the molecule is CCCCCCC(C)(C)c1ccc(C2CC(OC(=O)[C@@H](N)CO)CCC2CCCO)c(O)c1. The number of aromatic hydroxyl groups is 1. The van der Waals surface area contributed by atoms with Crippen molar-refractivity contribution in [3.63, 3.8) is 0 Å². The first-order valence-electron chi connectivity index (χ1n) is 12.7. The molecule has 0 heterocycles. The summed E-state index contributed by atoms with van der Waals surface area (Å²) in [4.78, 5) is 12.1. The van der Waals surface area contributed by atoms with E-state index in [2.05, 4.69) is 26.8 Å². The van der Waals surface area contributed by atoms with Crippen LogP contribution in [-0.4, -0.2) is 46.6 Å². The third-order valence-electron chi connectivity index (χ3n) is 7.33. The number of phenols is 1. The molecule has 0 saturated heterocycles. The van der Waals surface area contributed by atoms with Crippen LogP contribution < -0.4 is 5.73 Å². The molecular formula is C27H45NO5. The molecule has 0 aromatic heterocycles. The van der Waals surface area contributed by atoms with Crippen LogP contribution in [0, 0.1) is 5.92 Å². The number of aliphatic hydroxyl groups excluding tert-OH is 2. The summed E-state index contributed by atoms with van der Waals surface area (Å²) < 4.78 is 5.58. The number of esters is 1. The molecule has 1 aliphatic carbocycles. The summed E-state index contributed by atoms with van der Waals surface area (Å²) in [5, 5.41) is 29.5. The van der Waals surface area contributed by atoms with Crippen LogP contribution in [0.3, 0.4) is 0 Å². The molecule has 1 aromatic rings. The Morgan fingerprint density at radius 3 is 2.58 bits per heavy atom. The van der Waals surface area contributed by atoms with E-state index in [1.54, 1.807) is 0 Å². The van der Waals surface area contributed by atoms with E-state index in [1.165, 1.54) is 25.7 Å². The second-order valence-corrected chi connectivity index (χ2v) is 10.4. The highest BCUT2D eigenvalue weighted by atomic mass is 16.5. The van der Waals surface area contributed by atoms with Crippen LogP contribution in [0.1, 0.15) is 102 Å². The van der Waals surface area contributed by atoms with E-state index < -0.39 is 18.6 Å². The third kappa shape index (κ3) is 7.97. The predicted octanol–water partition coefficient (Wildman–Crippen LogP) is 4.53. The highest BCUT2D eigenvalue weighted by molar-refractivity contribution is 5.75. The molecule has 2 rings (SSSR count). The maximum Gasteiger partial charge on any atom is 0.325 e. The van der Waals surface area contributed by atoms with Gasteiger partial charge in [0, 0.05) is 6.61 Å². The summed E-state index contributed by atoms with van der Waals surface area (Å²) in [6, 6.07) is 5.06. The minimum absolute atomic E-state index is 0.00882. The molecule has 188 valence electrons. The van der Waals surface area contributed by atoms with E-state index in [9.17, 15) is 15.0 Å². The van der Waals surface area contributed by atoms with Gasteiger partial charge in [-0.05, 0) is 73.0 Å². The Kier molecular flexibility index (Phi) is 11.1. The molecule has 1 aliphatic rings. The number of phenolic OH excluding ortho intramolecular Hbond substituents is 1.